The van der Waals surface area contributed by atoms with Gasteiger partial charge in [0.2, 0.25) is 5.91 Å². The summed E-state index contributed by atoms with van der Waals surface area (Å²) < 4.78 is 1.18. The maximum atomic E-state index is 12.2. The zero-order valence-corrected chi connectivity index (χ0v) is 15.8. The third-order valence-corrected chi connectivity index (χ3v) is 4.31. The highest BCUT2D eigenvalue weighted by Gasteiger charge is 2.19. The number of carbonyl (C=O) groups excluding carboxylic acids is 3. The Balaban J connectivity index is 1.56. The van der Waals surface area contributed by atoms with Crippen molar-refractivity contribution < 1.29 is 24.3 Å². The fourth-order valence-corrected chi connectivity index (χ4v) is 2.89. The van der Waals surface area contributed by atoms with Crippen molar-refractivity contribution in [1.82, 2.24) is 25.6 Å². The van der Waals surface area contributed by atoms with Crippen molar-refractivity contribution in [2.24, 2.45) is 0 Å². The van der Waals surface area contributed by atoms with E-state index in [0.717, 1.165) is 16.3 Å². The van der Waals surface area contributed by atoms with E-state index in [1.807, 2.05) is 42.5 Å². The van der Waals surface area contributed by atoms with Crippen LogP contribution in [0.2, 0.25) is 0 Å². The van der Waals surface area contributed by atoms with E-state index in [1.54, 1.807) is 0 Å². The standard InChI is InChI=1S/C20H19N5O5/c26-12-15(8-19(28)29)22-20(30)17-10-25(24-23-17)11-18(27)21-9-14-6-3-5-13-4-1-2-7-16(13)14/h1-7,10,12,15H,8-9,11H2,(H,21,27)(H,22,30)(H,28,29)/t15-/m0/s1. The van der Waals surface area contributed by atoms with Gasteiger partial charge in [0, 0.05) is 6.54 Å². The van der Waals surface area contributed by atoms with Gasteiger partial charge in [0.05, 0.1) is 18.7 Å². The summed E-state index contributed by atoms with van der Waals surface area (Å²) in [6.07, 6.45) is 1.03. The molecule has 1 aromatic heterocycles. The Kier molecular flexibility index (Phi) is 6.48. The molecule has 0 aliphatic heterocycles. The van der Waals surface area contributed by atoms with Crippen LogP contribution in [0.4, 0.5) is 0 Å². The first kappa shape index (κ1) is 20.6. The van der Waals surface area contributed by atoms with Gasteiger partial charge in [0.1, 0.15) is 12.8 Å². The monoisotopic (exact) mass is 409 g/mol. The topological polar surface area (TPSA) is 143 Å². The van der Waals surface area contributed by atoms with Crippen molar-refractivity contribution in [1.29, 1.82) is 0 Å². The van der Waals surface area contributed by atoms with Gasteiger partial charge in [-0.15, -0.1) is 5.10 Å². The lowest BCUT2D eigenvalue weighted by molar-refractivity contribution is -0.138. The van der Waals surface area contributed by atoms with Crippen molar-refractivity contribution >= 4 is 34.8 Å². The zero-order chi connectivity index (χ0) is 21.5. The molecule has 0 spiro atoms. The van der Waals surface area contributed by atoms with Crippen molar-refractivity contribution in [3.63, 3.8) is 0 Å². The molecule has 0 bridgehead atoms. The minimum atomic E-state index is -1.22. The fourth-order valence-electron chi connectivity index (χ4n) is 2.89. The lowest BCUT2D eigenvalue weighted by Crippen LogP contribution is -2.37. The Morgan fingerprint density at radius 3 is 2.67 bits per heavy atom. The first-order valence-corrected chi connectivity index (χ1v) is 9.07. The van der Waals surface area contributed by atoms with Crippen LogP contribution in [0, 0.1) is 0 Å². The molecule has 3 rings (SSSR count). The van der Waals surface area contributed by atoms with Gasteiger partial charge >= 0.3 is 5.97 Å². The van der Waals surface area contributed by atoms with E-state index in [9.17, 15) is 19.2 Å². The molecule has 1 atom stereocenters. The summed E-state index contributed by atoms with van der Waals surface area (Å²) in [5.74, 6) is -2.30. The second kappa shape index (κ2) is 9.41. The van der Waals surface area contributed by atoms with E-state index in [-0.39, 0.29) is 18.1 Å². The lowest BCUT2D eigenvalue weighted by Gasteiger charge is -2.09. The van der Waals surface area contributed by atoms with Crippen LogP contribution in [0.15, 0.2) is 48.7 Å². The second-order valence-electron chi connectivity index (χ2n) is 6.53. The third-order valence-electron chi connectivity index (χ3n) is 4.31. The molecule has 0 aliphatic carbocycles. The highest BCUT2D eigenvalue weighted by atomic mass is 16.4. The Hall–Kier alpha value is -4.08. The van der Waals surface area contributed by atoms with Crippen LogP contribution in [0.3, 0.4) is 0 Å². The predicted molar refractivity (Wildman–Crippen MR) is 105 cm³/mol. The molecular weight excluding hydrogens is 390 g/mol. The van der Waals surface area contributed by atoms with Crippen LogP contribution < -0.4 is 10.6 Å². The number of hydrogen-bond donors (Lipinski definition) is 3. The molecule has 2 amide bonds. The molecule has 0 unspecified atom stereocenters. The number of hydrogen-bond acceptors (Lipinski definition) is 6. The maximum Gasteiger partial charge on any atom is 0.305 e. The molecule has 0 saturated heterocycles. The first-order chi connectivity index (χ1) is 14.5. The minimum absolute atomic E-state index is 0.130. The molecule has 2 aromatic carbocycles. The maximum absolute atomic E-state index is 12.2. The molecule has 10 heteroatoms. The van der Waals surface area contributed by atoms with Gasteiger partial charge in [-0.1, -0.05) is 47.7 Å². The number of carboxylic acids is 1. The Bertz CT molecular complexity index is 1090. The molecule has 0 saturated carbocycles. The highest BCUT2D eigenvalue weighted by molar-refractivity contribution is 5.94. The Labute approximate surface area is 170 Å². The number of fused-ring (bicyclic) bond motifs is 1. The molecule has 1 heterocycles. The molecule has 3 N–H and O–H groups in total. The first-order valence-electron chi connectivity index (χ1n) is 9.07. The van der Waals surface area contributed by atoms with Gasteiger partial charge in [0.25, 0.3) is 5.91 Å². The van der Waals surface area contributed by atoms with Crippen molar-refractivity contribution in [3.8, 4) is 0 Å². The summed E-state index contributed by atoms with van der Waals surface area (Å²) in [6.45, 7) is 0.176. The van der Waals surface area contributed by atoms with E-state index >= 15 is 0 Å². The van der Waals surface area contributed by atoms with Crippen LogP contribution in [-0.4, -0.2) is 50.2 Å². The number of nitrogens with zero attached hydrogens (tertiary/aromatic N) is 3. The molecule has 0 aliphatic rings. The van der Waals surface area contributed by atoms with E-state index in [0.29, 0.717) is 12.8 Å². The van der Waals surface area contributed by atoms with Crippen LogP contribution in [-0.2, 0) is 27.5 Å². The van der Waals surface area contributed by atoms with Crippen LogP contribution in [0.25, 0.3) is 10.8 Å². The van der Waals surface area contributed by atoms with Gasteiger partial charge < -0.3 is 20.5 Å². The summed E-state index contributed by atoms with van der Waals surface area (Å²) in [5.41, 5.74) is 0.840. The number of nitrogens with one attached hydrogen (secondary N) is 2. The second-order valence-corrected chi connectivity index (χ2v) is 6.53. The summed E-state index contributed by atoms with van der Waals surface area (Å²) in [4.78, 5) is 45.8. The molecule has 3 aromatic rings. The predicted octanol–water partition coefficient (Wildman–Crippen LogP) is 0.520. The number of aldehydes is 1. The average Bonchev–Trinajstić information content (AvgIpc) is 3.20. The summed E-state index contributed by atoms with van der Waals surface area (Å²) in [5, 5.41) is 23.2. The third kappa shape index (κ3) is 5.25. The van der Waals surface area contributed by atoms with Crippen molar-refractivity contribution in [3.05, 3.63) is 59.9 Å². The normalized spacial score (nSPS) is 11.6. The van der Waals surface area contributed by atoms with Crippen LogP contribution in [0.1, 0.15) is 22.5 Å². The summed E-state index contributed by atoms with van der Waals surface area (Å²) in [7, 11) is 0. The number of amides is 2. The van der Waals surface area contributed by atoms with E-state index < -0.39 is 24.3 Å². The van der Waals surface area contributed by atoms with E-state index in [2.05, 4.69) is 20.9 Å². The van der Waals surface area contributed by atoms with Gasteiger partial charge in [0.15, 0.2) is 5.69 Å². The van der Waals surface area contributed by atoms with Crippen LogP contribution >= 0.6 is 0 Å². The fraction of sp³-hybridized carbons (Fsp3) is 0.200. The Morgan fingerprint density at radius 2 is 1.90 bits per heavy atom. The van der Waals surface area contributed by atoms with Crippen LogP contribution in [0.5, 0.6) is 0 Å². The number of benzene rings is 2. The minimum Gasteiger partial charge on any atom is -0.481 e. The number of carbonyl (C=O) groups is 4. The smallest absolute Gasteiger partial charge is 0.305 e. The number of aromatic nitrogens is 3. The zero-order valence-electron chi connectivity index (χ0n) is 15.8. The molecule has 0 fully saturated rings. The molecule has 30 heavy (non-hydrogen) atoms. The summed E-state index contributed by atoms with van der Waals surface area (Å²) in [6, 6.07) is 12.5. The lowest BCUT2D eigenvalue weighted by atomic mass is 10.0. The highest BCUT2D eigenvalue weighted by Crippen LogP contribution is 2.18. The Morgan fingerprint density at radius 1 is 1.13 bits per heavy atom. The molecule has 10 nitrogen and oxygen atoms in total. The largest absolute Gasteiger partial charge is 0.481 e. The SMILES string of the molecule is O=C[C@H](CC(=O)O)NC(=O)c1cn(CC(=O)NCc2cccc3ccccc23)nn1. The molecule has 0 radical (unpaired) electrons. The van der Waals surface area contributed by atoms with Gasteiger partial charge in [-0.05, 0) is 16.3 Å². The van der Waals surface area contributed by atoms with E-state index in [1.165, 1.54) is 10.9 Å². The quantitative estimate of drug-likeness (QED) is 0.437. The van der Waals surface area contributed by atoms with Gasteiger partial charge in [-0.3, -0.25) is 14.4 Å². The number of aliphatic carboxylic acids is 1. The molecular formula is C20H19N5O5. The summed E-state index contributed by atoms with van der Waals surface area (Å²) >= 11 is 0. The van der Waals surface area contributed by atoms with Gasteiger partial charge in [-0.2, -0.15) is 0 Å². The average molecular weight is 409 g/mol. The van der Waals surface area contributed by atoms with Crippen molar-refractivity contribution in [2.45, 2.75) is 25.6 Å². The number of rotatable bonds is 9. The van der Waals surface area contributed by atoms with Gasteiger partial charge in [-0.25, -0.2) is 4.68 Å². The van der Waals surface area contributed by atoms with E-state index in [4.69, 9.17) is 5.11 Å². The molecule has 154 valence electrons. The number of carboxylic acid groups (broad SMARTS) is 1. The van der Waals surface area contributed by atoms with Crippen molar-refractivity contribution in [2.75, 3.05) is 0 Å².